The van der Waals surface area contributed by atoms with Gasteiger partial charge in [0.25, 0.3) is 5.91 Å². The smallest absolute Gasteiger partial charge is 0.259 e. The lowest BCUT2D eigenvalue weighted by atomic mass is 9.93. The molecule has 156 valence electrons. The van der Waals surface area contributed by atoms with Crippen LogP contribution in [0.3, 0.4) is 0 Å². The number of aromatic nitrogens is 4. The third-order valence-corrected chi connectivity index (χ3v) is 5.55. The van der Waals surface area contributed by atoms with Crippen molar-refractivity contribution < 1.29 is 9.32 Å². The molecule has 0 saturated carbocycles. The van der Waals surface area contributed by atoms with Crippen LogP contribution in [-0.4, -0.2) is 51.1 Å². The van der Waals surface area contributed by atoms with E-state index < -0.39 is 0 Å². The van der Waals surface area contributed by atoms with Gasteiger partial charge >= 0.3 is 0 Å². The molecule has 1 aliphatic rings. The summed E-state index contributed by atoms with van der Waals surface area (Å²) in [7, 11) is 1.85. The first-order valence-corrected chi connectivity index (χ1v) is 10.3. The first-order chi connectivity index (χ1) is 14.6. The highest BCUT2D eigenvalue weighted by Crippen LogP contribution is 2.30. The van der Waals surface area contributed by atoms with Crippen molar-refractivity contribution in [1.82, 2.24) is 25.0 Å². The molecule has 0 bridgehead atoms. The van der Waals surface area contributed by atoms with Gasteiger partial charge in [0, 0.05) is 50.1 Å². The van der Waals surface area contributed by atoms with Gasteiger partial charge in [0.15, 0.2) is 5.82 Å². The molecule has 1 N–H and O–H groups in total. The Hall–Kier alpha value is -3.29. The largest absolute Gasteiger partial charge is 0.373 e. The molecule has 8 nitrogen and oxygen atoms in total. The lowest BCUT2D eigenvalue weighted by Crippen LogP contribution is -2.39. The Kier molecular flexibility index (Phi) is 5.74. The normalized spacial score (nSPS) is 16.5. The SMILES string of the molecule is CCc1noc(C)c1C(=O)N1CCC[C@@H](c2cc(NC)nc(-c3ccncc3)n2)C1. The molecule has 1 aliphatic heterocycles. The van der Waals surface area contributed by atoms with E-state index in [0.717, 1.165) is 42.2 Å². The van der Waals surface area contributed by atoms with Gasteiger partial charge in [0.05, 0.1) is 11.4 Å². The molecule has 3 aromatic heterocycles. The molecule has 0 radical (unpaired) electrons. The van der Waals surface area contributed by atoms with Crippen molar-refractivity contribution >= 4 is 11.7 Å². The maximum atomic E-state index is 13.2. The maximum Gasteiger partial charge on any atom is 0.259 e. The molecule has 0 unspecified atom stereocenters. The molecular weight excluding hydrogens is 380 g/mol. The van der Waals surface area contributed by atoms with Gasteiger partial charge in [0.1, 0.15) is 17.1 Å². The molecule has 0 aliphatic carbocycles. The molecule has 3 aromatic rings. The van der Waals surface area contributed by atoms with Crippen molar-refractivity contribution in [2.45, 2.75) is 39.0 Å². The van der Waals surface area contributed by atoms with Gasteiger partial charge in [-0.15, -0.1) is 0 Å². The number of pyridine rings is 1. The van der Waals surface area contributed by atoms with Crippen LogP contribution in [0.4, 0.5) is 5.82 Å². The number of piperidine rings is 1. The van der Waals surface area contributed by atoms with E-state index in [-0.39, 0.29) is 11.8 Å². The van der Waals surface area contributed by atoms with Gasteiger partial charge in [-0.2, -0.15) is 0 Å². The Balaban J connectivity index is 1.62. The third kappa shape index (κ3) is 3.90. The van der Waals surface area contributed by atoms with E-state index in [0.29, 0.717) is 30.1 Å². The van der Waals surface area contributed by atoms with Crippen LogP contribution >= 0.6 is 0 Å². The second-order valence-corrected chi connectivity index (χ2v) is 7.49. The minimum Gasteiger partial charge on any atom is -0.373 e. The quantitative estimate of drug-likeness (QED) is 0.693. The van der Waals surface area contributed by atoms with Crippen molar-refractivity contribution in [1.29, 1.82) is 0 Å². The van der Waals surface area contributed by atoms with Gasteiger partial charge in [-0.05, 0) is 38.3 Å². The van der Waals surface area contributed by atoms with Gasteiger partial charge in [0.2, 0.25) is 0 Å². The fourth-order valence-electron chi connectivity index (χ4n) is 3.93. The van der Waals surface area contributed by atoms with E-state index in [2.05, 4.69) is 20.4 Å². The lowest BCUT2D eigenvalue weighted by Gasteiger charge is -2.32. The van der Waals surface area contributed by atoms with E-state index >= 15 is 0 Å². The van der Waals surface area contributed by atoms with Crippen molar-refractivity contribution in [3.63, 3.8) is 0 Å². The molecular formula is C22H26N6O2. The molecule has 4 heterocycles. The summed E-state index contributed by atoms with van der Waals surface area (Å²) in [5, 5.41) is 7.17. The number of hydrogen-bond donors (Lipinski definition) is 1. The highest BCUT2D eigenvalue weighted by molar-refractivity contribution is 5.96. The summed E-state index contributed by atoms with van der Waals surface area (Å²) in [5.74, 6) is 2.14. The number of rotatable bonds is 5. The molecule has 8 heteroatoms. The summed E-state index contributed by atoms with van der Waals surface area (Å²) in [4.78, 5) is 28.6. The molecule has 30 heavy (non-hydrogen) atoms. The zero-order chi connectivity index (χ0) is 21.1. The van der Waals surface area contributed by atoms with E-state index in [1.807, 2.05) is 37.1 Å². The fourth-order valence-corrected chi connectivity index (χ4v) is 3.93. The van der Waals surface area contributed by atoms with Gasteiger partial charge in [-0.25, -0.2) is 9.97 Å². The van der Waals surface area contributed by atoms with E-state index in [9.17, 15) is 4.79 Å². The zero-order valence-corrected chi connectivity index (χ0v) is 17.6. The number of nitrogens with zero attached hydrogens (tertiary/aromatic N) is 5. The maximum absolute atomic E-state index is 13.2. The number of anilines is 1. The third-order valence-electron chi connectivity index (χ3n) is 5.55. The molecule has 4 rings (SSSR count). The Morgan fingerprint density at radius 1 is 1.30 bits per heavy atom. The molecule has 1 atom stereocenters. The van der Waals surface area contributed by atoms with Crippen LogP contribution < -0.4 is 5.32 Å². The minimum absolute atomic E-state index is 0.00690. The zero-order valence-electron chi connectivity index (χ0n) is 17.6. The molecule has 0 spiro atoms. The van der Waals surface area contributed by atoms with Crippen LogP contribution in [0, 0.1) is 6.92 Å². The number of amides is 1. The average molecular weight is 406 g/mol. The minimum atomic E-state index is -0.00690. The van der Waals surface area contributed by atoms with Crippen LogP contribution in [0.15, 0.2) is 35.1 Å². The standard InChI is InChI=1S/C22H26N6O2/c1-4-17-20(14(2)30-27-17)22(29)28-11-5-6-16(13-28)18-12-19(23-3)26-21(25-18)15-7-9-24-10-8-15/h7-10,12,16H,4-6,11,13H2,1-3H3,(H,23,25,26)/t16-/m1/s1. The van der Waals surface area contributed by atoms with Crippen LogP contribution in [0.2, 0.25) is 0 Å². The molecule has 0 aromatic carbocycles. The predicted octanol–water partition coefficient (Wildman–Crippen LogP) is 3.46. The fraction of sp³-hybridized carbons (Fsp3) is 0.409. The Morgan fingerprint density at radius 2 is 2.10 bits per heavy atom. The van der Waals surface area contributed by atoms with Gasteiger partial charge < -0.3 is 14.7 Å². The number of carbonyl (C=O) groups excluding carboxylic acids is 1. The monoisotopic (exact) mass is 406 g/mol. The van der Waals surface area contributed by atoms with Gasteiger partial charge in [-0.3, -0.25) is 9.78 Å². The Morgan fingerprint density at radius 3 is 2.83 bits per heavy atom. The number of hydrogen-bond acceptors (Lipinski definition) is 7. The summed E-state index contributed by atoms with van der Waals surface area (Å²) >= 11 is 0. The second-order valence-electron chi connectivity index (χ2n) is 7.49. The Labute approximate surface area is 175 Å². The first kappa shape index (κ1) is 20.0. The van der Waals surface area contributed by atoms with E-state index in [1.165, 1.54) is 0 Å². The summed E-state index contributed by atoms with van der Waals surface area (Å²) in [6.07, 6.45) is 6.03. The second kappa shape index (κ2) is 8.61. The van der Waals surface area contributed by atoms with Crippen molar-refractivity contribution in [2.24, 2.45) is 0 Å². The van der Waals surface area contributed by atoms with Crippen LogP contribution in [-0.2, 0) is 6.42 Å². The lowest BCUT2D eigenvalue weighted by molar-refractivity contribution is 0.0703. The number of aryl methyl sites for hydroxylation is 2. The van der Waals surface area contributed by atoms with Crippen molar-refractivity contribution in [3.05, 3.63) is 53.3 Å². The van der Waals surface area contributed by atoms with Crippen LogP contribution in [0.5, 0.6) is 0 Å². The summed E-state index contributed by atoms with van der Waals surface area (Å²) in [6.45, 7) is 5.12. The topological polar surface area (TPSA) is 97.0 Å². The summed E-state index contributed by atoms with van der Waals surface area (Å²) in [5.41, 5.74) is 3.18. The highest BCUT2D eigenvalue weighted by Gasteiger charge is 2.30. The van der Waals surface area contributed by atoms with Gasteiger partial charge in [-0.1, -0.05) is 12.1 Å². The number of nitrogens with one attached hydrogen (secondary N) is 1. The average Bonchev–Trinajstić information content (AvgIpc) is 3.19. The van der Waals surface area contributed by atoms with Crippen LogP contribution in [0.25, 0.3) is 11.4 Å². The molecule has 1 amide bonds. The van der Waals surface area contributed by atoms with Crippen molar-refractivity contribution in [2.75, 3.05) is 25.5 Å². The summed E-state index contributed by atoms with van der Waals surface area (Å²) < 4.78 is 5.27. The highest BCUT2D eigenvalue weighted by atomic mass is 16.5. The first-order valence-electron chi connectivity index (χ1n) is 10.3. The van der Waals surface area contributed by atoms with E-state index in [1.54, 1.807) is 19.3 Å². The molecule has 1 saturated heterocycles. The number of carbonyl (C=O) groups is 1. The number of likely N-dealkylation sites (tertiary alicyclic amines) is 1. The molecule has 1 fully saturated rings. The van der Waals surface area contributed by atoms with E-state index in [4.69, 9.17) is 9.51 Å². The Bertz CT molecular complexity index is 1030. The van der Waals surface area contributed by atoms with Crippen LogP contribution in [0.1, 0.15) is 53.2 Å². The summed E-state index contributed by atoms with van der Waals surface area (Å²) in [6, 6.07) is 5.78. The predicted molar refractivity (Wildman–Crippen MR) is 113 cm³/mol. The van der Waals surface area contributed by atoms with Crippen molar-refractivity contribution in [3.8, 4) is 11.4 Å².